The van der Waals surface area contributed by atoms with Gasteiger partial charge in [0.05, 0.1) is 18.1 Å². The highest BCUT2D eigenvalue weighted by Crippen LogP contribution is 2.29. The van der Waals surface area contributed by atoms with Gasteiger partial charge >= 0.3 is 0 Å². The molecule has 4 aromatic heterocycles. The van der Waals surface area contributed by atoms with Crippen LogP contribution in [0.5, 0.6) is 0 Å². The van der Waals surface area contributed by atoms with E-state index < -0.39 is 10.0 Å². The van der Waals surface area contributed by atoms with E-state index in [2.05, 4.69) is 35.5 Å². The number of sulfonamides is 1. The summed E-state index contributed by atoms with van der Waals surface area (Å²) in [4.78, 5) is 14.5. The summed E-state index contributed by atoms with van der Waals surface area (Å²) < 4.78 is 24.6. The molecule has 10 nitrogen and oxygen atoms in total. The molecule has 0 unspecified atom stereocenters. The van der Waals surface area contributed by atoms with Crippen molar-refractivity contribution in [1.29, 1.82) is 0 Å². The Kier molecular flexibility index (Phi) is 6.23. The molecule has 0 saturated carbocycles. The quantitative estimate of drug-likeness (QED) is 0.280. The van der Waals surface area contributed by atoms with Gasteiger partial charge in [-0.25, -0.2) is 28.1 Å². The van der Waals surface area contributed by atoms with E-state index in [1.807, 2.05) is 31.2 Å². The molecule has 162 valence electrons. The van der Waals surface area contributed by atoms with Crippen molar-refractivity contribution < 1.29 is 8.42 Å². The maximum absolute atomic E-state index is 11.1. The number of anilines is 2. The third-order valence-corrected chi connectivity index (χ3v) is 6.02. The molecule has 0 bridgehead atoms. The molecule has 0 saturated heterocycles. The third-order valence-electron chi connectivity index (χ3n) is 4.42. The SMILES string of the molecule is Cc1[nH]ncc1-c1ccc2nc(Nc3cc(CNCCNS(C)(=O)=O)ccn3)sc2n1. The van der Waals surface area contributed by atoms with Crippen molar-refractivity contribution in [2.45, 2.75) is 13.5 Å². The highest BCUT2D eigenvalue weighted by atomic mass is 32.2. The van der Waals surface area contributed by atoms with Gasteiger partial charge in [0, 0.05) is 37.1 Å². The Morgan fingerprint density at radius 3 is 2.81 bits per heavy atom. The van der Waals surface area contributed by atoms with Gasteiger partial charge in [-0.1, -0.05) is 11.3 Å². The van der Waals surface area contributed by atoms with Gasteiger partial charge in [0.1, 0.15) is 16.2 Å². The van der Waals surface area contributed by atoms with Gasteiger partial charge < -0.3 is 10.6 Å². The van der Waals surface area contributed by atoms with E-state index in [1.54, 1.807) is 12.4 Å². The van der Waals surface area contributed by atoms with Gasteiger partial charge in [-0.15, -0.1) is 0 Å². The average Bonchev–Trinajstić information content (AvgIpc) is 3.31. The fourth-order valence-electron chi connectivity index (χ4n) is 2.95. The van der Waals surface area contributed by atoms with Crippen LogP contribution >= 0.6 is 11.3 Å². The van der Waals surface area contributed by atoms with Crippen molar-refractivity contribution in [3.8, 4) is 11.3 Å². The first-order valence-corrected chi connectivity index (χ1v) is 12.2. The summed E-state index contributed by atoms with van der Waals surface area (Å²) >= 11 is 1.46. The Balaban J connectivity index is 1.41. The zero-order chi connectivity index (χ0) is 21.8. The number of aryl methyl sites for hydroxylation is 1. The van der Waals surface area contributed by atoms with Crippen LogP contribution in [0.25, 0.3) is 21.6 Å². The predicted molar refractivity (Wildman–Crippen MR) is 122 cm³/mol. The van der Waals surface area contributed by atoms with Gasteiger partial charge in [-0.2, -0.15) is 5.10 Å². The lowest BCUT2D eigenvalue weighted by atomic mass is 10.2. The second-order valence-corrected chi connectivity index (χ2v) is 9.78. The number of aromatic nitrogens is 5. The molecule has 4 heterocycles. The highest BCUT2D eigenvalue weighted by molar-refractivity contribution is 7.88. The van der Waals surface area contributed by atoms with Crippen molar-refractivity contribution in [2.24, 2.45) is 0 Å². The van der Waals surface area contributed by atoms with E-state index >= 15 is 0 Å². The number of nitrogens with one attached hydrogen (secondary N) is 4. The minimum atomic E-state index is -3.17. The van der Waals surface area contributed by atoms with E-state index in [-0.39, 0.29) is 0 Å². The topological polar surface area (TPSA) is 138 Å². The molecule has 0 aliphatic carbocycles. The lowest BCUT2D eigenvalue weighted by molar-refractivity contribution is 0.582. The fourth-order valence-corrected chi connectivity index (χ4v) is 4.27. The van der Waals surface area contributed by atoms with Crippen LogP contribution in [0.4, 0.5) is 10.9 Å². The second kappa shape index (κ2) is 9.06. The van der Waals surface area contributed by atoms with Gasteiger partial charge in [0.25, 0.3) is 0 Å². The Bertz CT molecular complexity index is 1300. The molecule has 0 atom stereocenters. The monoisotopic (exact) mass is 458 g/mol. The van der Waals surface area contributed by atoms with Gasteiger partial charge in [0.2, 0.25) is 10.0 Å². The molecule has 0 aromatic carbocycles. The number of hydrogen-bond donors (Lipinski definition) is 4. The van der Waals surface area contributed by atoms with Crippen LogP contribution in [0.15, 0.2) is 36.7 Å². The highest BCUT2D eigenvalue weighted by Gasteiger charge is 2.10. The van der Waals surface area contributed by atoms with Crippen LogP contribution in [-0.4, -0.2) is 52.9 Å². The molecule has 12 heteroatoms. The normalized spacial score (nSPS) is 11.8. The maximum Gasteiger partial charge on any atom is 0.208 e. The van der Waals surface area contributed by atoms with Crippen LogP contribution in [0, 0.1) is 6.92 Å². The zero-order valence-electron chi connectivity index (χ0n) is 17.0. The van der Waals surface area contributed by atoms with Crippen molar-refractivity contribution in [2.75, 3.05) is 24.7 Å². The summed E-state index contributed by atoms with van der Waals surface area (Å²) in [5.74, 6) is 0.679. The van der Waals surface area contributed by atoms with Crippen molar-refractivity contribution in [3.05, 3.63) is 47.9 Å². The summed E-state index contributed by atoms with van der Waals surface area (Å²) in [5, 5.41) is 14.1. The van der Waals surface area contributed by atoms with Gasteiger partial charge in [-0.3, -0.25) is 5.10 Å². The predicted octanol–water partition coefficient (Wildman–Crippen LogP) is 2.17. The largest absolute Gasteiger partial charge is 0.316 e. The molecule has 0 aliphatic rings. The number of pyridine rings is 2. The summed E-state index contributed by atoms with van der Waals surface area (Å²) in [6.45, 7) is 3.43. The average molecular weight is 459 g/mol. The number of nitrogens with zero attached hydrogens (tertiary/aromatic N) is 4. The minimum absolute atomic E-state index is 0.341. The van der Waals surface area contributed by atoms with E-state index in [0.29, 0.717) is 30.6 Å². The molecule has 0 aliphatic heterocycles. The lowest BCUT2D eigenvalue weighted by Crippen LogP contribution is -2.30. The van der Waals surface area contributed by atoms with Crippen molar-refractivity contribution >= 4 is 42.7 Å². The Labute approximate surface area is 183 Å². The van der Waals surface area contributed by atoms with Gasteiger partial charge in [-0.05, 0) is 36.8 Å². The third kappa shape index (κ3) is 5.61. The first-order chi connectivity index (χ1) is 14.9. The van der Waals surface area contributed by atoms with Crippen LogP contribution < -0.4 is 15.4 Å². The standard InChI is InChI=1S/C19H22N8O2S2/c1-12-14(11-22-27-12)15-3-4-16-18(24-15)30-19(25-16)26-17-9-13(5-6-21-17)10-20-7-8-23-31(2,28)29/h3-6,9,11,20,23H,7-8,10H2,1-2H3,(H,22,27)(H,21,25,26). The summed E-state index contributed by atoms with van der Waals surface area (Å²) in [6, 6.07) is 7.72. The molecular formula is C19H22N8O2S2. The molecule has 4 rings (SSSR count). The number of H-pyrrole nitrogens is 1. The van der Waals surface area contributed by atoms with Crippen LogP contribution in [0.3, 0.4) is 0 Å². The zero-order valence-corrected chi connectivity index (χ0v) is 18.6. The second-order valence-electron chi connectivity index (χ2n) is 6.97. The molecule has 0 spiro atoms. The van der Waals surface area contributed by atoms with Gasteiger partial charge in [0.15, 0.2) is 5.13 Å². The lowest BCUT2D eigenvalue weighted by Gasteiger charge is -2.07. The van der Waals surface area contributed by atoms with Crippen molar-refractivity contribution in [1.82, 2.24) is 35.2 Å². The number of aromatic amines is 1. The summed E-state index contributed by atoms with van der Waals surface area (Å²) in [5.41, 5.74) is 4.63. The molecular weight excluding hydrogens is 436 g/mol. The molecule has 0 fully saturated rings. The Morgan fingerprint density at radius 1 is 1.16 bits per heavy atom. The molecule has 4 aromatic rings. The van der Waals surface area contributed by atoms with E-state index in [9.17, 15) is 8.42 Å². The number of thiazole rings is 1. The van der Waals surface area contributed by atoms with Crippen LogP contribution in [-0.2, 0) is 16.6 Å². The van der Waals surface area contributed by atoms with E-state index in [0.717, 1.165) is 39.1 Å². The Hall–Kier alpha value is -2.93. The van der Waals surface area contributed by atoms with Crippen LogP contribution in [0.1, 0.15) is 11.3 Å². The first kappa shape index (κ1) is 21.3. The van der Waals surface area contributed by atoms with Crippen LogP contribution in [0.2, 0.25) is 0 Å². The number of fused-ring (bicyclic) bond motifs is 1. The summed E-state index contributed by atoms with van der Waals surface area (Å²) in [6.07, 6.45) is 4.63. The first-order valence-electron chi connectivity index (χ1n) is 9.52. The molecule has 31 heavy (non-hydrogen) atoms. The van der Waals surface area contributed by atoms with Crippen molar-refractivity contribution in [3.63, 3.8) is 0 Å². The minimum Gasteiger partial charge on any atom is -0.316 e. The van der Waals surface area contributed by atoms with E-state index in [4.69, 9.17) is 4.98 Å². The fraction of sp³-hybridized carbons (Fsp3) is 0.263. The summed E-state index contributed by atoms with van der Waals surface area (Å²) in [7, 11) is -3.17. The maximum atomic E-state index is 11.1. The molecule has 0 radical (unpaired) electrons. The smallest absolute Gasteiger partial charge is 0.208 e. The molecule has 0 amide bonds. The number of hydrogen-bond acceptors (Lipinski definition) is 9. The number of rotatable bonds is 9. The molecule has 4 N–H and O–H groups in total. The van der Waals surface area contributed by atoms with E-state index in [1.165, 1.54) is 11.3 Å². The Morgan fingerprint density at radius 2 is 2.03 bits per heavy atom.